The van der Waals surface area contributed by atoms with Crippen molar-refractivity contribution in [2.75, 3.05) is 0 Å². The first-order valence-electron chi connectivity index (χ1n) is 7.12. The third-order valence-electron chi connectivity index (χ3n) is 3.82. The van der Waals surface area contributed by atoms with Crippen molar-refractivity contribution in [2.24, 2.45) is 5.73 Å². The lowest BCUT2D eigenvalue weighted by atomic mass is 10.1. The van der Waals surface area contributed by atoms with Gasteiger partial charge in [0.2, 0.25) is 0 Å². The molecule has 1 unspecified atom stereocenters. The van der Waals surface area contributed by atoms with E-state index in [1.165, 1.54) is 21.3 Å². The lowest BCUT2D eigenvalue weighted by Gasteiger charge is -2.12. The number of thiophene rings is 1. The van der Waals surface area contributed by atoms with E-state index < -0.39 is 0 Å². The number of nitrogens with two attached hydrogens (primary N) is 1. The molecule has 104 valence electrons. The van der Waals surface area contributed by atoms with Crippen LogP contribution in [0.5, 0.6) is 0 Å². The van der Waals surface area contributed by atoms with Gasteiger partial charge in [-0.1, -0.05) is 25.1 Å². The van der Waals surface area contributed by atoms with E-state index in [9.17, 15) is 0 Å². The lowest BCUT2D eigenvalue weighted by molar-refractivity contribution is 0.611. The molecule has 0 saturated carbocycles. The highest BCUT2D eigenvalue weighted by atomic mass is 32.1. The molecule has 20 heavy (non-hydrogen) atoms. The van der Waals surface area contributed by atoms with Crippen molar-refractivity contribution in [3.05, 3.63) is 59.2 Å². The second-order valence-electron chi connectivity index (χ2n) is 5.26. The Morgan fingerprint density at radius 3 is 2.90 bits per heavy atom. The Morgan fingerprint density at radius 2 is 2.05 bits per heavy atom. The minimum atomic E-state index is 0.253. The van der Waals surface area contributed by atoms with Crippen LogP contribution in [0.15, 0.2) is 48.0 Å². The molecule has 0 saturated heterocycles. The summed E-state index contributed by atoms with van der Waals surface area (Å²) in [5.41, 5.74) is 8.81. The standard InChI is InChI=1S/C17H20N2S/c1-2-14(18)10-15-6-5-9-19(15)11-13-12-20-17-8-4-3-7-16(13)17/h3-9,12,14H,2,10-11,18H2,1H3. The lowest BCUT2D eigenvalue weighted by Crippen LogP contribution is -2.23. The molecular formula is C17H20N2S. The van der Waals surface area contributed by atoms with Crippen molar-refractivity contribution in [2.45, 2.75) is 32.4 Å². The summed E-state index contributed by atoms with van der Waals surface area (Å²) in [5.74, 6) is 0. The van der Waals surface area contributed by atoms with Crippen molar-refractivity contribution in [1.29, 1.82) is 0 Å². The summed E-state index contributed by atoms with van der Waals surface area (Å²) >= 11 is 1.82. The van der Waals surface area contributed by atoms with E-state index in [4.69, 9.17) is 5.73 Å². The summed E-state index contributed by atoms with van der Waals surface area (Å²) in [4.78, 5) is 0. The molecule has 3 rings (SSSR count). The average molecular weight is 284 g/mol. The van der Waals surface area contributed by atoms with E-state index in [0.29, 0.717) is 0 Å². The summed E-state index contributed by atoms with van der Waals surface area (Å²) < 4.78 is 3.69. The van der Waals surface area contributed by atoms with E-state index in [1.807, 2.05) is 11.3 Å². The van der Waals surface area contributed by atoms with Gasteiger partial charge in [0.25, 0.3) is 0 Å². The zero-order chi connectivity index (χ0) is 13.9. The Morgan fingerprint density at radius 1 is 1.20 bits per heavy atom. The minimum absolute atomic E-state index is 0.253. The van der Waals surface area contributed by atoms with Gasteiger partial charge in [-0.25, -0.2) is 0 Å². The van der Waals surface area contributed by atoms with Gasteiger partial charge in [-0.05, 0) is 40.9 Å². The summed E-state index contributed by atoms with van der Waals surface area (Å²) in [5, 5.41) is 3.64. The van der Waals surface area contributed by atoms with Gasteiger partial charge in [-0.3, -0.25) is 0 Å². The maximum absolute atomic E-state index is 6.09. The van der Waals surface area contributed by atoms with Crippen molar-refractivity contribution in [3.8, 4) is 0 Å². The molecule has 2 N–H and O–H groups in total. The van der Waals surface area contributed by atoms with Crippen LogP contribution >= 0.6 is 11.3 Å². The number of fused-ring (bicyclic) bond motifs is 1. The van der Waals surface area contributed by atoms with E-state index in [0.717, 1.165) is 19.4 Å². The molecule has 2 heterocycles. The first-order valence-corrected chi connectivity index (χ1v) is 8.00. The van der Waals surface area contributed by atoms with Crippen molar-refractivity contribution in [3.63, 3.8) is 0 Å². The van der Waals surface area contributed by atoms with Crippen LogP contribution < -0.4 is 5.73 Å². The summed E-state index contributed by atoms with van der Waals surface area (Å²) in [6, 6.07) is 13.2. The second-order valence-corrected chi connectivity index (χ2v) is 6.17. The highest BCUT2D eigenvalue weighted by Gasteiger charge is 2.09. The monoisotopic (exact) mass is 284 g/mol. The number of hydrogen-bond acceptors (Lipinski definition) is 2. The molecule has 3 aromatic rings. The van der Waals surface area contributed by atoms with E-state index in [-0.39, 0.29) is 6.04 Å². The Bertz CT molecular complexity index is 696. The van der Waals surface area contributed by atoms with Crippen molar-refractivity contribution < 1.29 is 0 Å². The van der Waals surface area contributed by atoms with Crippen LogP contribution in [0.3, 0.4) is 0 Å². The molecule has 2 aromatic heterocycles. The molecule has 1 atom stereocenters. The largest absolute Gasteiger partial charge is 0.347 e. The normalized spacial score (nSPS) is 12.9. The smallest absolute Gasteiger partial charge is 0.0487 e. The number of hydrogen-bond donors (Lipinski definition) is 1. The van der Waals surface area contributed by atoms with Crippen LogP contribution in [0.2, 0.25) is 0 Å². The Labute approximate surface area is 123 Å². The second kappa shape index (κ2) is 5.81. The fraction of sp³-hybridized carbons (Fsp3) is 0.294. The maximum atomic E-state index is 6.09. The molecule has 0 radical (unpaired) electrons. The summed E-state index contributed by atoms with van der Waals surface area (Å²) in [6.07, 6.45) is 4.13. The van der Waals surface area contributed by atoms with E-state index >= 15 is 0 Å². The van der Waals surface area contributed by atoms with Gasteiger partial charge in [-0.15, -0.1) is 11.3 Å². The van der Waals surface area contributed by atoms with E-state index in [1.54, 1.807) is 0 Å². The van der Waals surface area contributed by atoms with Gasteiger partial charge in [0.05, 0.1) is 0 Å². The fourth-order valence-electron chi connectivity index (χ4n) is 2.54. The van der Waals surface area contributed by atoms with Gasteiger partial charge in [0.15, 0.2) is 0 Å². The van der Waals surface area contributed by atoms with Gasteiger partial charge in [0, 0.05) is 35.6 Å². The Kier molecular flexibility index (Phi) is 3.90. The maximum Gasteiger partial charge on any atom is 0.0487 e. The summed E-state index contributed by atoms with van der Waals surface area (Å²) in [6.45, 7) is 3.08. The quantitative estimate of drug-likeness (QED) is 0.753. The molecule has 0 amide bonds. The van der Waals surface area contributed by atoms with Crippen LogP contribution in [0.4, 0.5) is 0 Å². The first-order chi connectivity index (χ1) is 9.78. The number of nitrogens with zero attached hydrogens (tertiary/aromatic N) is 1. The zero-order valence-electron chi connectivity index (χ0n) is 11.8. The molecule has 0 aliphatic heterocycles. The summed E-state index contributed by atoms with van der Waals surface area (Å²) in [7, 11) is 0. The van der Waals surface area contributed by atoms with Crippen molar-refractivity contribution >= 4 is 21.4 Å². The van der Waals surface area contributed by atoms with E-state index in [2.05, 4.69) is 59.5 Å². The van der Waals surface area contributed by atoms with Crippen LogP contribution in [-0.4, -0.2) is 10.6 Å². The topological polar surface area (TPSA) is 30.9 Å². The Hall–Kier alpha value is -1.58. The number of benzene rings is 1. The number of aromatic nitrogens is 1. The fourth-order valence-corrected chi connectivity index (χ4v) is 3.49. The minimum Gasteiger partial charge on any atom is -0.347 e. The molecule has 0 aliphatic rings. The van der Waals surface area contributed by atoms with Crippen LogP contribution in [-0.2, 0) is 13.0 Å². The van der Waals surface area contributed by atoms with Crippen LogP contribution in [0, 0.1) is 0 Å². The van der Waals surface area contributed by atoms with Crippen molar-refractivity contribution in [1.82, 2.24) is 4.57 Å². The van der Waals surface area contributed by atoms with Crippen LogP contribution in [0.25, 0.3) is 10.1 Å². The number of rotatable bonds is 5. The van der Waals surface area contributed by atoms with Gasteiger partial charge in [0.1, 0.15) is 0 Å². The predicted octanol–water partition coefficient (Wildman–Crippen LogP) is 4.03. The van der Waals surface area contributed by atoms with Gasteiger partial charge in [-0.2, -0.15) is 0 Å². The SMILES string of the molecule is CCC(N)Cc1cccn1Cc1csc2ccccc12. The highest BCUT2D eigenvalue weighted by molar-refractivity contribution is 7.17. The Balaban J connectivity index is 1.86. The molecule has 0 spiro atoms. The average Bonchev–Trinajstić information content (AvgIpc) is 3.07. The van der Waals surface area contributed by atoms with Gasteiger partial charge < -0.3 is 10.3 Å². The molecule has 1 aromatic carbocycles. The molecule has 3 heteroatoms. The molecule has 0 fully saturated rings. The molecule has 0 bridgehead atoms. The highest BCUT2D eigenvalue weighted by Crippen LogP contribution is 2.26. The third kappa shape index (κ3) is 2.65. The molecular weight excluding hydrogens is 264 g/mol. The molecule has 2 nitrogen and oxygen atoms in total. The van der Waals surface area contributed by atoms with Crippen LogP contribution in [0.1, 0.15) is 24.6 Å². The first kappa shape index (κ1) is 13.4. The van der Waals surface area contributed by atoms with Gasteiger partial charge >= 0.3 is 0 Å². The predicted molar refractivity (Wildman–Crippen MR) is 87.3 cm³/mol. The third-order valence-corrected chi connectivity index (χ3v) is 4.83. The zero-order valence-corrected chi connectivity index (χ0v) is 12.6. The molecule has 0 aliphatic carbocycles.